The van der Waals surface area contributed by atoms with Gasteiger partial charge >= 0.3 is 28.4 Å². The van der Waals surface area contributed by atoms with Crippen molar-refractivity contribution in [3.63, 3.8) is 0 Å². The molecule has 0 unspecified atom stereocenters. The summed E-state index contributed by atoms with van der Waals surface area (Å²) in [7, 11) is 0. The Balaban J connectivity index is 0.00000683. The number of carbonyl (C=O) groups is 2. The first-order valence-electron chi connectivity index (χ1n) is 22.1. The first-order valence-corrected chi connectivity index (χ1v) is 22.1. The van der Waals surface area contributed by atoms with E-state index in [4.69, 9.17) is 24.7 Å². The fourth-order valence-corrected chi connectivity index (χ4v) is 8.74. The van der Waals surface area contributed by atoms with Crippen molar-refractivity contribution in [3.05, 3.63) is 97.9 Å². The first-order chi connectivity index (χ1) is 28.5. The van der Waals surface area contributed by atoms with Crippen molar-refractivity contribution in [2.24, 2.45) is 26.8 Å². The summed E-state index contributed by atoms with van der Waals surface area (Å²) in [6.07, 6.45) is 30.1. The molecule has 0 spiro atoms. The fraction of sp³-hybridized carbons (Fsp3) is 0.500. The van der Waals surface area contributed by atoms with Crippen LogP contribution in [0.3, 0.4) is 0 Å². The number of fused-ring (bicyclic) bond motifs is 5. The van der Waals surface area contributed by atoms with Gasteiger partial charge in [-0.1, -0.05) is 88.8 Å². The van der Waals surface area contributed by atoms with Crippen LogP contribution in [0.2, 0.25) is 0 Å². The predicted molar refractivity (Wildman–Crippen MR) is 237 cm³/mol. The topological polar surface area (TPSA) is 138 Å². The monoisotopic (exact) mass is 856 g/mol. The third-order valence-corrected chi connectivity index (χ3v) is 12.3. The average Bonchev–Trinajstić information content (AvgIpc) is 3.96. The number of hydrogen-bond acceptors (Lipinski definition) is 7. The van der Waals surface area contributed by atoms with Crippen LogP contribution in [0.5, 0.6) is 0 Å². The average molecular weight is 858 g/mol. The minimum absolute atomic E-state index is 0. The second kappa shape index (κ2) is 21.8. The van der Waals surface area contributed by atoms with Gasteiger partial charge in [0.2, 0.25) is 0 Å². The predicted octanol–water partition coefficient (Wildman–Crippen LogP) is 9.32. The molecule has 5 aliphatic rings. The molecule has 1 N–H and O–H groups in total. The zero-order valence-electron chi connectivity index (χ0n) is 36.4. The quantitative estimate of drug-likeness (QED) is 0.0601. The molecule has 0 saturated carbocycles. The van der Waals surface area contributed by atoms with Gasteiger partial charge in [0, 0.05) is 41.7 Å². The molecule has 9 nitrogen and oxygen atoms in total. The maximum absolute atomic E-state index is 13.6. The third kappa shape index (κ3) is 10.8. The fourth-order valence-electron chi connectivity index (χ4n) is 8.74. The van der Waals surface area contributed by atoms with E-state index in [0.717, 1.165) is 108 Å². The van der Waals surface area contributed by atoms with Gasteiger partial charge in [-0.2, -0.15) is 0 Å². The molecule has 4 aliphatic heterocycles. The van der Waals surface area contributed by atoms with Crippen molar-refractivity contribution in [2.45, 2.75) is 151 Å². The molecule has 0 saturated heterocycles. The molecular formula is C50H62N4NiO5. The number of aliphatic imine (C=N–C) groups is 3. The summed E-state index contributed by atoms with van der Waals surface area (Å²) < 4.78 is 6.16. The van der Waals surface area contributed by atoms with Crippen molar-refractivity contribution in [1.82, 2.24) is 4.98 Å². The first kappa shape index (κ1) is 46.5. The van der Waals surface area contributed by atoms with E-state index in [1.807, 2.05) is 45.9 Å². The number of esters is 1. The van der Waals surface area contributed by atoms with Crippen molar-refractivity contribution >= 4 is 46.5 Å². The largest absolute Gasteiger partial charge is 2.00 e. The number of rotatable bonds is 20. The summed E-state index contributed by atoms with van der Waals surface area (Å²) in [6, 6.07) is 0. The molecule has 60 heavy (non-hydrogen) atoms. The van der Waals surface area contributed by atoms with Crippen molar-refractivity contribution < 1.29 is 41.0 Å². The van der Waals surface area contributed by atoms with Crippen LogP contribution < -0.4 is 20.7 Å². The maximum atomic E-state index is 13.6. The Morgan fingerprint density at radius 3 is 2.18 bits per heavy atom. The van der Waals surface area contributed by atoms with Gasteiger partial charge in [0.25, 0.3) is 0 Å². The molecule has 8 bridgehead atoms. The van der Waals surface area contributed by atoms with Crippen LogP contribution in [0.4, 0.5) is 0 Å². The van der Waals surface area contributed by atoms with E-state index >= 15 is 0 Å². The summed E-state index contributed by atoms with van der Waals surface area (Å²) in [4.78, 5) is 45.5. The zero-order chi connectivity index (χ0) is 42.1. The number of carboxylic acids is 1. The van der Waals surface area contributed by atoms with Crippen molar-refractivity contribution in [3.8, 4) is 0 Å². The number of ether oxygens (including phenoxy) is 1. The van der Waals surface area contributed by atoms with Gasteiger partial charge in [0.05, 0.1) is 17.1 Å². The molecule has 0 aromatic carbocycles. The van der Waals surface area contributed by atoms with Crippen LogP contribution >= 0.6 is 0 Å². The van der Waals surface area contributed by atoms with Crippen LogP contribution in [0, 0.1) is 18.8 Å². The van der Waals surface area contributed by atoms with E-state index in [9.17, 15) is 19.8 Å². The number of carbonyl (C=O) groups excluding carboxylic acids is 1. The molecule has 1 aliphatic carbocycles. The van der Waals surface area contributed by atoms with Crippen LogP contribution in [0.15, 0.2) is 91.0 Å². The summed E-state index contributed by atoms with van der Waals surface area (Å²) >= 11 is 0. The van der Waals surface area contributed by atoms with Gasteiger partial charge < -0.3 is 19.9 Å². The van der Waals surface area contributed by atoms with Gasteiger partial charge in [-0.25, -0.2) is 9.98 Å². The number of allylic oxidation sites excluding steroid dienone is 10. The van der Waals surface area contributed by atoms with Gasteiger partial charge in [-0.05, 0) is 119 Å². The minimum atomic E-state index is -0.876. The number of aliphatic carboxylic acids is 1. The molecule has 1 aromatic heterocycles. The standard InChI is InChI=1S/C50H64N4O5.Ni/c1-7-9-10-11-12-13-14-15-16-17-18-19-20-21-22-23-24-46(58)59-50-34(6)41-28-39-32(4)36(25-26-45(56)57)48(53-39)37-27-44(55)47-33(5)40(54-49(37)47)29-42-35(8-2)31(3)38(51-42)30-43(50)52-41;/h11-12,16-17,28-30,32,36H,7-10,13-15,18-27H2,1-6H3,(H3,51,52,53,54,55,56,57);/q;+2/p-2/b12-11+,17-16+;/t32-,36-;/m0./s1. The number of nitrogens with zero attached hydrogens (tertiary/aromatic N) is 4. The Bertz CT molecular complexity index is 2270. The van der Waals surface area contributed by atoms with Crippen LogP contribution in [0.25, 0.3) is 17.4 Å². The second-order valence-electron chi connectivity index (χ2n) is 16.6. The number of carboxylic acid groups (broad SMARTS) is 1. The Labute approximate surface area is 366 Å². The van der Waals surface area contributed by atoms with E-state index in [0.29, 0.717) is 46.3 Å². The van der Waals surface area contributed by atoms with E-state index in [1.165, 1.54) is 25.7 Å². The van der Waals surface area contributed by atoms with Gasteiger partial charge in [0.15, 0.2) is 5.76 Å². The van der Waals surface area contributed by atoms with Crippen LogP contribution in [-0.4, -0.2) is 34.2 Å². The molecular weight excluding hydrogens is 795 g/mol. The molecule has 0 radical (unpaired) electrons. The Kier molecular flexibility index (Phi) is 16.9. The van der Waals surface area contributed by atoms with Crippen LogP contribution in [0.1, 0.15) is 155 Å². The molecule has 6 rings (SSSR count). The summed E-state index contributed by atoms with van der Waals surface area (Å²) in [5.74, 6) is -1.09. The van der Waals surface area contributed by atoms with Crippen LogP contribution in [-0.2, 0) is 30.8 Å². The molecule has 322 valence electrons. The van der Waals surface area contributed by atoms with E-state index in [-0.39, 0.29) is 52.9 Å². The second-order valence-corrected chi connectivity index (χ2v) is 16.6. The number of aromatic nitrogens is 1. The number of unbranched alkanes of at least 4 members (excludes halogenated alkanes) is 9. The van der Waals surface area contributed by atoms with E-state index in [2.05, 4.69) is 38.2 Å². The molecule has 10 heteroatoms. The SMILES string of the molecule is CCCC/C=C/CCC/C=C/CCCCCCCC(=O)OC1=C(C)C2=NC1=CC1=NC(=Cc3[n-]c4c(c3C)=C([O-])CC=4C3=NC(=C2)[C@@H](C)[C@@H]3CCC(=O)O)C(CC)=C1C.[Ni+2]. The minimum Gasteiger partial charge on any atom is -0.875 e. The molecule has 0 fully saturated rings. The molecule has 5 heterocycles. The van der Waals surface area contributed by atoms with Gasteiger partial charge in [0.1, 0.15) is 5.70 Å². The normalized spacial score (nSPS) is 19.6. The van der Waals surface area contributed by atoms with Gasteiger partial charge in [-0.15, -0.1) is 16.8 Å². The summed E-state index contributed by atoms with van der Waals surface area (Å²) in [6.45, 7) is 12.3. The smallest absolute Gasteiger partial charge is 0.875 e. The van der Waals surface area contributed by atoms with Crippen molar-refractivity contribution in [2.75, 3.05) is 0 Å². The number of hydrogen-bond donors (Lipinski definition) is 1. The maximum Gasteiger partial charge on any atom is 2.00 e. The zero-order valence-corrected chi connectivity index (χ0v) is 37.4. The van der Waals surface area contributed by atoms with E-state index in [1.54, 1.807) is 0 Å². The third-order valence-electron chi connectivity index (χ3n) is 12.3. The summed E-state index contributed by atoms with van der Waals surface area (Å²) in [5, 5.41) is 24.5. The molecule has 0 amide bonds. The van der Waals surface area contributed by atoms with E-state index < -0.39 is 5.97 Å². The molecule has 1 aromatic rings. The van der Waals surface area contributed by atoms with Gasteiger partial charge in [-0.3, -0.25) is 14.6 Å². The Hall–Kier alpha value is -4.56. The molecule has 2 atom stereocenters. The summed E-state index contributed by atoms with van der Waals surface area (Å²) in [5.41, 5.74) is 9.25. The Morgan fingerprint density at radius 1 is 0.833 bits per heavy atom. The van der Waals surface area contributed by atoms with Crippen molar-refractivity contribution in [1.29, 1.82) is 0 Å². The Morgan fingerprint density at radius 2 is 1.48 bits per heavy atom.